The van der Waals surface area contributed by atoms with Crippen LogP contribution in [0.5, 0.6) is 5.75 Å². The van der Waals surface area contributed by atoms with Crippen LogP contribution in [0.3, 0.4) is 0 Å². The van der Waals surface area contributed by atoms with Crippen molar-refractivity contribution in [2.45, 2.75) is 38.5 Å². The molecule has 2 atom stereocenters. The molecule has 1 unspecified atom stereocenters. The molecule has 13 heteroatoms. The van der Waals surface area contributed by atoms with Crippen LogP contribution in [0, 0.1) is 5.89 Å². The number of alkyl halides is 3. The fraction of sp³-hybridized carbons (Fsp3) is 0.304. The summed E-state index contributed by atoms with van der Waals surface area (Å²) in [6.45, 7) is 1.56. The number of ketones is 1. The van der Waals surface area contributed by atoms with Gasteiger partial charge in [-0.2, -0.15) is 18.2 Å². The fourth-order valence-electron chi connectivity index (χ4n) is 3.89. The maximum absolute atomic E-state index is 13.1. The normalized spacial score (nSPS) is 21.1. The van der Waals surface area contributed by atoms with Crippen molar-refractivity contribution < 1.29 is 28.6 Å². The van der Waals surface area contributed by atoms with Gasteiger partial charge in [0.15, 0.2) is 5.65 Å². The molecular weight excluding hydrogens is 544 g/mol. The lowest BCUT2D eigenvalue weighted by atomic mass is 9.87. The van der Waals surface area contributed by atoms with Gasteiger partial charge in [0.25, 0.3) is 5.89 Å². The van der Waals surface area contributed by atoms with Crippen LogP contribution >= 0.6 is 34.8 Å². The van der Waals surface area contributed by atoms with Crippen molar-refractivity contribution in [3.05, 3.63) is 51.2 Å². The minimum atomic E-state index is -4.58. The Bertz CT molecular complexity index is 1540. The van der Waals surface area contributed by atoms with Crippen LogP contribution in [0.4, 0.5) is 13.2 Å². The first-order valence-electron chi connectivity index (χ1n) is 11.1. The number of nitrogens with zero attached hydrogens (tertiary/aromatic N) is 4. The summed E-state index contributed by atoms with van der Waals surface area (Å²) in [5, 5.41) is 4.09. The van der Waals surface area contributed by atoms with E-state index >= 15 is 0 Å². The predicted octanol–water partition coefficient (Wildman–Crippen LogP) is 7.17. The fourth-order valence-corrected chi connectivity index (χ4v) is 4.59. The highest BCUT2D eigenvalue weighted by atomic mass is 35.5. The summed E-state index contributed by atoms with van der Waals surface area (Å²) in [5.41, 5.74) is -0.428. The largest absolute Gasteiger partial charge is 0.489 e. The van der Waals surface area contributed by atoms with Crippen LogP contribution in [0.15, 0.2) is 35.1 Å². The Labute approximate surface area is 218 Å². The summed E-state index contributed by atoms with van der Waals surface area (Å²) in [7, 11) is 0. The average molecular weight is 561 g/mol. The Morgan fingerprint density at radius 2 is 1.92 bits per heavy atom. The number of carbonyl (C=O) groups is 1. The highest BCUT2D eigenvalue weighted by Crippen LogP contribution is 2.38. The maximum atomic E-state index is 13.1. The van der Waals surface area contributed by atoms with Crippen molar-refractivity contribution in [1.82, 2.24) is 19.5 Å². The van der Waals surface area contributed by atoms with Gasteiger partial charge in [-0.05, 0) is 25.0 Å². The molecule has 188 valence electrons. The molecule has 1 aromatic carbocycles. The van der Waals surface area contributed by atoms with Gasteiger partial charge >= 0.3 is 6.18 Å². The van der Waals surface area contributed by atoms with Gasteiger partial charge in [-0.25, -0.2) is 4.98 Å². The predicted molar refractivity (Wildman–Crippen MR) is 126 cm³/mol. The number of hydrogen-bond acceptors (Lipinski definition) is 6. The molecule has 0 bridgehead atoms. The summed E-state index contributed by atoms with van der Waals surface area (Å²) < 4.78 is 59.8. The van der Waals surface area contributed by atoms with Crippen LogP contribution in [-0.4, -0.2) is 31.4 Å². The Hall–Kier alpha value is -2.82. The highest BCUT2D eigenvalue weighted by molar-refractivity contribution is 6.36. The second kappa shape index (κ2) is 9.24. The molecule has 7 nitrogen and oxygen atoms in total. The van der Waals surface area contributed by atoms with Gasteiger partial charge in [0.2, 0.25) is 5.82 Å². The topological polar surface area (TPSA) is 82.5 Å². The number of ether oxygens (including phenoxy) is 1. The van der Waals surface area contributed by atoms with E-state index in [4.69, 9.17) is 45.4 Å². The van der Waals surface area contributed by atoms with E-state index in [0.29, 0.717) is 12.0 Å². The van der Waals surface area contributed by atoms with E-state index in [9.17, 15) is 18.0 Å². The van der Waals surface area contributed by atoms with Crippen molar-refractivity contribution in [3.8, 4) is 28.7 Å². The second-order valence-electron chi connectivity index (χ2n) is 8.30. The first kappa shape index (κ1) is 23.6. The molecule has 5 rings (SSSR count). The number of halogens is 6. The minimum absolute atomic E-state index is 0.0644. The van der Waals surface area contributed by atoms with E-state index in [-0.39, 0.29) is 68.6 Å². The zero-order valence-electron chi connectivity index (χ0n) is 19.4. The first-order valence-corrected chi connectivity index (χ1v) is 11.7. The Morgan fingerprint density at radius 3 is 2.64 bits per heavy atom. The molecule has 0 N–H and O–H groups in total. The number of benzene rings is 1. The molecule has 3 heterocycles. The van der Waals surface area contributed by atoms with E-state index in [1.54, 1.807) is 6.92 Å². The molecule has 4 aromatic rings. The van der Waals surface area contributed by atoms with Crippen molar-refractivity contribution in [2.24, 2.45) is 5.89 Å². The summed E-state index contributed by atoms with van der Waals surface area (Å²) in [4.78, 5) is 20.3. The van der Waals surface area contributed by atoms with E-state index in [1.165, 1.54) is 18.3 Å². The quantitative estimate of drug-likeness (QED) is 0.263. The molecular formula is C23H16Cl3F3N4O3. The van der Waals surface area contributed by atoms with Gasteiger partial charge in [-0.3, -0.25) is 4.79 Å². The van der Waals surface area contributed by atoms with Crippen LogP contribution in [-0.2, 0) is 11.0 Å². The molecule has 0 spiro atoms. The molecule has 1 aliphatic rings. The monoisotopic (exact) mass is 559 g/mol. The number of imidazole rings is 1. The number of pyridine rings is 1. The number of carbonyl (C=O) groups excluding carboxylic acids is 1. The molecule has 1 fully saturated rings. The molecule has 3 aromatic heterocycles. The molecule has 0 radical (unpaired) electrons. The third-order valence-corrected chi connectivity index (χ3v) is 6.62. The summed E-state index contributed by atoms with van der Waals surface area (Å²) in [6, 6.07) is 3.75. The summed E-state index contributed by atoms with van der Waals surface area (Å²) in [5.74, 6) is -1.08. The minimum Gasteiger partial charge on any atom is -0.489 e. The van der Waals surface area contributed by atoms with Gasteiger partial charge in [-0.1, -0.05) is 46.9 Å². The van der Waals surface area contributed by atoms with E-state index < -0.39 is 17.6 Å². The second-order valence-corrected chi connectivity index (χ2v) is 9.52. The van der Waals surface area contributed by atoms with Gasteiger partial charge in [0.1, 0.15) is 17.2 Å². The molecule has 0 aliphatic heterocycles. The van der Waals surface area contributed by atoms with Crippen molar-refractivity contribution >= 4 is 46.2 Å². The van der Waals surface area contributed by atoms with Gasteiger partial charge in [0, 0.05) is 37.7 Å². The lowest BCUT2D eigenvalue weighted by molar-refractivity contribution is -0.137. The Balaban J connectivity index is 1.41. The van der Waals surface area contributed by atoms with Crippen LogP contribution in [0.2, 0.25) is 15.1 Å². The van der Waals surface area contributed by atoms with Crippen LogP contribution < -0.4 is 4.74 Å². The number of Topliss-reactive ketones (excluding diaryl/α,β-unsaturated/α-hetero) is 1. The van der Waals surface area contributed by atoms with Crippen molar-refractivity contribution in [3.63, 3.8) is 0 Å². The number of aromatic nitrogens is 4. The standard InChI is InChI=1S/C23H16Cl3F3N4O3/c1-10-4-12(2-3-18(10)34)35-19-7-14(24)13(6-15(19)25)20-31-22(36-32-20)17-9-33-8-11(23(27,28)29)5-16(26)21(33)30-17/h5-10,12H,2-4H2,1H3/t10?,12-/m1/s1/i10D. The van der Waals surface area contributed by atoms with Crippen molar-refractivity contribution in [1.29, 1.82) is 0 Å². The molecule has 1 saturated carbocycles. The summed E-state index contributed by atoms with van der Waals surface area (Å²) in [6.07, 6.45) is -1.89. The lowest BCUT2D eigenvalue weighted by Crippen LogP contribution is -2.30. The van der Waals surface area contributed by atoms with E-state index in [0.717, 1.165) is 16.7 Å². The third-order valence-electron chi connectivity index (χ3n) is 5.74. The van der Waals surface area contributed by atoms with E-state index in [2.05, 4.69) is 15.1 Å². The van der Waals surface area contributed by atoms with Gasteiger partial charge < -0.3 is 13.7 Å². The molecule has 0 saturated heterocycles. The van der Waals surface area contributed by atoms with Crippen LogP contribution in [0.25, 0.3) is 28.6 Å². The lowest BCUT2D eigenvalue weighted by Gasteiger charge is -2.27. The summed E-state index contributed by atoms with van der Waals surface area (Å²) >= 11 is 18.8. The van der Waals surface area contributed by atoms with Crippen molar-refractivity contribution in [2.75, 3.05) is 0 Å². The molecule has 1 aliphatic carbocycles. The zero-order chi connectivity index (χ0) is 26.7. The maximum Gasteiger partial charge on any atom is 0.417 e. The van der Waals surface area contributed by atoms with E-state index in [1.807, 2.05) is 0 Å². The SMILES string of the molecule is [2H]C1(C)C[C@H](Oc2cc(Cl)c(-c3noc(-c4cn5cc(C(F)(F)F)cc(Cl)c5n4)n3)cc2Cl)CCC1=O. The number of hydrogen-bond donors (Lipinski definition) is 0. The number of rotatable bonds is 4. The zero-order valence-corrected chi connectivity index (χ0v) is 20.6. The highest BCUT2D eigenvalue weighted by Gasteiger charge is 2.32. The van der Waals surface area contributed by atoms with Gasteiger partial charge in [-0.15, -0.1) is 0 Å². The Kier molecular flexibility index (Phi) is 6.05. The Morgan fingerprint density at radius 1 is 1.14 bits per heavy atom. The molecule has 0 amide bonds. The van der Waals surface area contributed by atoms with Gasteiger partial charge in [0.05, 0.1) is 26.7 Å². The third kappa shape index (κ3) is 4.77. The first-order chi connectivity index (χ1) is 17.3. The smallest absolute Gasteiger partial charge is 0.417 e. The average Bonchev–Trinajstić information content (AvgIpc) is 3.45. The number of fused-ring (bicyclic) bond motifs is 1. The van der Waals surface area contributed by atoms with Crippen LogP contribution in [0.1, 0.15) is 33.1 Å². The molecule has 36 heavy (non-hydrogen) atoms.